The van der Waals surface area contributed by atoms with Gasteiger partial charge in [0.2, 0.25) is 0 Å². The van der Waals surface area contributed by atoms with Crippen LogP contribution < -0.4 is 5.56 Å². The quantitative estimate of drug-likeness (QED) is 0.797. The molecule has 0 N–H and O–H groups in total. The molecule has 0 saturated carbocycles. The fraction of sp³-hybridized carbons (Fsp3) is 0.471. The molecule has 5 heteroatoms. The first-order valence-corrected chi connectivity index (χ1v) is 7.44. The molecule has 1 aromatic heterocycles. The predicted molar refractivity (Wildman–Crippen MR) is 84.5 cm³/mol. The lowest BCUT2D eigenvalue weighted by molar-refractivity contribution is 0.101. The molecule has 1 unspecified atom stereocenters. The maximum absolute atomic E-state index is 12.7. The minimum absolute atomic E-state index is 0.0757. The van der Waals surface area contributed by atoms with E-state index in [1.54, 1.807) is 23.7 Å². The third-order valence-electron chi connectivity index (χ3n) is 4.46. The van der Waals surface area contributed by atoms with Crippen LogP contribution in [0, 0.1) is 6.92 Å². The third-order valence-corrected chi connectivity index (χ3v) is 4.46. The fourth-order valence-electron chi connectivity index (χ4n) is 3.17. The van der Waals surface area contributed by atoms with Gasteiger partial charge in [-0.3, -0.25) is 14.2 Å². The molecule has 0 spiro atoms. The zero-order chi connectivity index (χ0) is 16.1. The Hall–Kier alpha value is -2.01. The molecule has 22 heavy (non-hydrogen) atoms. The number of carbonyl (C=O) groups excluding carboxylic acids is 1. The molecule has 2 aromatic rings. The summed E-state index contributed by atoms with van der Waals surface area (Å²) in [7, 11) is 1.74. The maximum atomic E-state index is 12.7. The van der Waals surface area contributed by atoms with Gasteiger partial charge >= 0.3 is 0 Å². The average Bonchev–Trinajstić information content (AvgIpc) is 2.90. The summed E-state index contributed by atoms with van der Waals surface area (Å²) in [5, 5.41) is 0.499. The molecule has 0 amide bonds. The highest BCUT2D eigenvalue weighted by molar-refractivity contribution is 6.05. The van der Waals surface area contributed by atoms with Gasteiger partial charge in [0, 0.05) is 19.2 Å². The summed E-state index contributed by atoms with van der Waals surface area (Å²) < 4.78 is 7.09. The van der Waals surface area contributed by atoms with Crippen molar-refractivity contribution in [2.75, 3.05) is 13.2 Å². The van der Waals surface area contributed by atoms with Crippen molar-refractivity contribution in [2.24, 2.45) is 7.05 Å². The summed E-state index contributed by atoms with van der Waals surface area (Å²) in [6, 6.07) is 3.60. The van der Waals surface area contributed by atoms with Crippen molar-refractivity contribution >= 4 is 16.7 Å². The molecule has 1 aromatic carbocycles. The van der Waals surface area contributed by atoms with Crippen LogP contribution in [0.2, 0.25) is 0 Å². The molecule has 0 aliphatic carbocycles. The van der Waals surface area contributed by atoms with E-state index in [0.717, 1.165) is 12.0 Å². The third kappa shape index (κ3) is 2.16. The lowest BCUT2D eigenvalue weighted by Crippen LogP contribution is -2.34. The number of hydrogen-bond donors (Lipinski definition) is 0. The van der Waals surface area contributed by atoms with Gasteiger partial charge < -0.3 is 4.74 Å². The number of Topliss-reactive ketones (excluding diaryl/α,β-unsaturated/α-hetero) is 1. The van der Waals surface area contributed by atoms with E-state index < -0.39 is 0 Å². The summed E-state index contributed by atoms with van der Waals surface area (Å²) in [5.74, 6) is 0.613. The standard InChI is InChI=1S/C17H20N2O3/c1-10-7-12(11(2)20)14-13(8-10)15(21)19(4)16(18-14)17(3)5-6-22-9-17/h7-8H,5-6,9H2,1-4H3. The topological polar surface area (TPSA) is 61.2 Å². The zero-order valence-electron chi connectivity index (χ0n) is 13.4. The highest BCUT2D eigenvalue weighted by Crippen LogP contribution is 2.31. The van der Waals surface area contributed by atoms with Gasteiger partial charge in [-0.05, 0) is 38.0 Å². The van der Waals surface area contributed by atoms with Gasteiger partial charge in [0.05, 0.1) is 22.9 Å². The van der Waals surface area contributed by atoms with Gasteiger partial charge in [0.1, 0.15) is 5.82 Å². The second-order valence-corrected chi connectivity index (χ2v) is 6.43. The van der Waals surface area contributed by atoms with Crippen LogP contribution >= 0.6 is 0 Å². The van der Waals surface area contributed by atoms with Crippen molar-refractivity contribution in [3.8, 4) is 0 Å². The molecule has 0 radical (unpaired) electrons. The number of carbonyl (C=O) groups is 1. The zero-order valence-corrected chi connectivity index (χ0v) is 13.4. The molecule has 1 saturated heterocycles. The Morgan fingerprint density at radius 2 is 2.14 bits per heavy atom. The van der Waals surface area contributed by atoms with Gasteiger partial charge in [0.15, 0.2) is 5.78 Å². The van der Waals surface area contributed by atoms with E-state index >= 15 is 0 Å². The predicted octanol–water partition coefficient (Wildman–Crippen LogP) is 2.12. The number of fused-ring (bicyclic) bond motifs is 1. The number of ketones is 1. The monoisotopic (exact) mass is 300 g/mol. The van der Waals surface area contributed by atoms with Crippen LogP contribution in [0.25, 0.3) is 10.9 Å². The lowest BCUT2D eigenvalue weighted by atomic mass is 9.88. The summed E-state index contributed by atoms with van der Waals surface area (Å²) >= 11 is 0. The number of aryl methyl sites for hydroxylation is 1. The van der Waals surface area contributed by atoms with Crippen LogP contribution in [0.1, 0.15) is 42.0 Å². The molecular weight excluding hydrogens is 280 g/mol. The molecule has 0 bridgehead atoms. The van der Waals surface area contributed by atoms with Crippen LogP contribution in [0.4, 0.5) is 0 Å². The highest BCUT2D eigenvalue weighted by Gasteiger charge is 2.36. The Morgan fingerprint density at radius 3 is 2.73 bits per heavy atom. The SMILES string of the molecule is CC(=O)c1cc(C)cc2c(=O)n(C)c(C3(C)CCOC3)nc12. The molecule has 2 heterocycles. The summed E-state index contributed by atoms with van der Waals surface area (Å²) in [5.41, 5.74) is 1.50. The van der Waals surface area contributed by atoms with Gasteiger partial charge in [-0.25, -0.2) is 4.98 Å². The van der Waals surface area contributed by atoms with E-state index in [0.29, 0.717) is 35.5 Å². The van der Waals surface area contributed by atoms with Gasteiger partial charge in [-0.15, -0.1) is 0 Å². The highest BCUT2D eigenvalue weighted by atomic mass is 16.5. The Morgan fingerprint density at radius 1 is 1.41 bits per heavy atom. The summed E-state index contributed by atoms with van der Waals surface area (Å²) in [4.78, 5) is 29.4. The van der Waals surface area contributed by atoms with Crippen molar-refractivity contribution in [2.45, 2.75) is 32.6 Å². The second kappa shape index (κ2) is 5.02. The Kier molecular flexibility index (Phi) is 3.40. The normalized spacial score (nSPS) is 21.5. The van der Waals surface area contributed by atoms with Crippen molar-refractivity contribution in [1.82, 2.24) is 9.55 Å². The Labute approximate surface area is 128 Å². The Bertz CT molecular complexity index is 830. The molecule has 1 aliphatic rings. The average molecular weight is 300 g/mol. The number of rotatable bonds is 2. The molecule has 1 atom stereocenters. The van der Waals surface area contributed by atoms with E-state index in [1.807, 2.05) is 6.92 Å². The van der Waals surface area contributed by atoms with Crippen LogP contribution in [0.3, 0.4) is 0 Å². The van der Waals surface area contributed by atoms with Crippen molar-refractivity contribution in [3.63, 3.8) is 0 Å². The van der Waals surface area contributed by atoms with Crippen molar-refractivity contribution < 1.29 is 9.53 Å². The summed E-state index contributed by atoms with van der Waals surface area (Å²) in [6.07, 6.45) is 0.819. The molecule has 3 rings (SSSR count). The fourth-order valence-corrected chi connectivity index (χ4v) is 3.17. The van der Waals surface area contributed by atoms with E-state index in [1.165, 1.54) is 6.92 Å². The lowest BCUT2D eigenvalue weighted by Gasteiger charge is -2.24. The van der Waals surface area contributed by atoms with Crippen LogP contribution in [-0.4, -0.2) is 28.5 Å². The molecule has 1 aliphatic heterocycles. The van der Waals surface area contributed by atoms with Gasteiger partial charge in [0.25, 0.3) is 5.56 Å². The van der Waals surface area contributed by atoms with E-state index in [9.17, 15) is 9.59 Å². The van der Waals surface area contributed by atoms with Crippen LogP contribution in [-0.2, 0) is 17.2 Å². The first-order chi connectivity index (χ1) is 10.3. The first kappa shape index (κ1) is 14.9. The molecular formula is C17H20N2O3. The minimum atomic E-state index is -0.291. The number of hydrogen-bond acceptors (Lipinski definition) is 4. The molecule has 1 fully saturated rings. The molecule has 116 valence electrons. The number of aromatic nitrogens is 2. The van der Waals surface area contributed by atoms with Crippen molar-refractivity contribution in [3.05, 3.63) is 39.4 Å². The number of ether oxygens (including phenoxy) is 1. The maximum Gasteiger partial charge on any atom is 0.261 e. The van der Waals surface area contributed by atoms with Gasteiger partial charge in [-0.1, -0.05) is 6.92 Å². The summed E-state index contributed by atoms with van der Waals surface area (Å²) in [6.45, 7) is 6.64. The van der Waals surface area contributed by atoms with Crippen LogP contribution in [0.15, 0.2) is 16.9 Å². The van der Waals surface area contributed by atoms with Crippen molar-refractivity contribution in [1.29, 1.82) is 0 Å². The Balaban J connectivity index is 2.40. The van der Waals surface area contributed by atoms with Crippen LogP contribution in [0.5, 0.6) is 0 Å². The number of nitrogens with zero attached hydrogens (tertiary/aromatic N) is 2. The number of benzene rings is 1. The minimum Gasteiger partial charge on any atom is -0.380 e. The van der Waals surface area contributed by atoms with E-state index in [-0.39, 0.29) is 16.8 Å². The van der Waals surface area contributed by atoms with Gasteiger partial charge in [-0.2, -0.15) is 0 Å². The second-order valence-electron chi connectivity index (χ2n) is 6.43. The van der Waals surface area contributed by atoms with E-state index in [2.05, 4.69) is 6.92 Å². The first-order valence-electron chi connectivity index (χ1n) is 7.44. The van der Waals surface area contributed by atoms with E-state index in [4.69, 9.17) is 9.72 Å². The largest absolute Gasteiger partial charge is 0.380 e. The molecule has 5 nitrogen and oxygen atoms in total. The smallest absolute Gasteiger partial charge is 0.261 e.